The van der Waals surface area contributed by atoms with Crippen molar-refractivity contribution in [2.45, 2.75) is 32.1 Å². The van der Waals surface area contributed by atoms with Crippen LogP contribution < -0.4 is 0 Å². The molecule has 13 heavy (non-hydrogen) atoms. The molecule has 0 radical (unpaired) electrons. The first-order valence-electron chi connectivity index (χ1n) is 5.84. The second-order valence-corrected chi connectivity index (χ2v) is 5.35. The summed E-state index contributed by atoms with van der Waals surface area (Å²) >= 11 is 0. The van der Waals surface area contributed by atoms with Crippen LogP contribution in [0.4, 0.5) is 0 Å². The van der Waals surface area contributed by atoms with Gasteiger partial charge in [0.25, 0.3) is 0 Å². The van der Waals surface area contributed by atoms with Gasteiger partial charge in [-0.1, -0.05) is 18.6 Å². The Balaban J connectivity index is 1.88. The van der Waals surface area contributed by atoms with Gasteiger partial charge in [-0.25, -0.2) is 0 Å². The summed E-state index contributed by atoms with van der Waals surface area (Å²) in [5.74, 6) is 4.17. The molecule has 0 aromatic heterocycles. The first kappa shape index (κ1) is 6.86. The molecule has 0 aromatic rings. The maximum atomic E-state index is 2.51. The van der Waals surface area contributed by atoms with E-state index < -0.39 is 0 Å². The number of allylic oxidation sites excluding steroid dienone is 4. The zero-order valence-electron chi connectivity index (χ0n) is 8.00. The van der Waals surface area contributed by atoms with Crippen molar-refractivity contribution in [1.29, 1.82) is 0 Å². The van der Waals surface area contributed by atoms with Crippen LogP contribution in [0.3, 0.4) is 0 Å². The predicted molar refractivity (Wildman–Crippen MR) is 53.2 cm³/mol. The molecule has 0 aliphatic heterocycles. The fraction of sp³-hybridized carbons (Fsp3) is 0.692. The molecule has 5 rings (SSSR count). The zero-order chi connectivity index (χ0) is 8.41. The Morgan fingerprint density at radius 3 is 2.23 bits per heavy atom. The lowest BCUT2D eigenvalue weighted by Gasteiger charge is -2.41. The molecule has 2 unspecified atom stereocenters. The summed E-state index contributed by atoms with van der Waals surface area (Å²) < 4.78 is 0. The van der Waals surface area contributed by atoms with Crippen LogP contribution in [0.5, 0.6) is 0 Å². The van der Waals surface area contributed by atoms with Crippen LogP contribution in [0, 0.1) is 23.7 Å². The summed E-state index contributed by atoms with van der Waals surface area (Å²) in [6.45, 7) is 0. The zero-order valence-corrected chi connectivity index (χ0v) is 8.00. The highest BCUT2D eigenvalue weighted by atomic mass is 14.6. The van der Waals surface area contributed by atoms with E-state index in [0.29, 0.717) is 0 Å². The Hall–Kier alpha value is -0.520. The molecule has 0 heteroatoms. The molecule has 0 spiro atoms. The molecule has 0 nitrogen and oxygen atoms in total. The van der Waals surface area contributed by atoms with E-state index in [4.69, 9.17) is 0 Å². The number of rotatable bonds is 0. The molecule has 4 fully saturated rings. The molecule has 0 amide bonds. The van der Waals surface area contributed by atoms with E-state index in [1.165, 1.54) is 32.1 Å². The Labute approximate surface area is 79.7 Å². The van der Waals surface area contributed by atoms with Crippen molar-refractivity contribution in [3.05, 3.63) is 23.3 Å². The van der Waals surface area contributed by atoms with Crippen LogP contribution in [-0.4, -0.2) is 0 Å². The van der Waals surface area contributed by atoms with Crippen molar-refractivity contribution in [3.8, 4) is 0 Å². The van der Waals surface area contributed by atoms with Crippen molar-refractivity contribution >= 4 is 0 Å². The molecular formula is C13H16. The summed E-state index contributed by atoms with van der Waals surface area (Å²) in [6, 6.07) is 0. The van der Waals surface area contributed by atoms with Gasteiger partial charge in [0.2, 0.25) is 0 Å². The molecular weight excluding hydrogens is 156 g/mol. The number of hydrogen-bond acceptors (Lipinski definition) is 0. The summed E-state index contributed by atoms with van der Waals surface area (Å²) in [4.78, 5) is 0. The Morgan fingerprint density at radius 1 is 0.923 bits per heavy atom. The van der Waals surface area contributed by atoms with Gasteiger partial charge >= 0.3 is 0 Å². The maximum absolute atomic E-state index is 2.51. The monoisotopic (exact) mass is 172 g/mol. The fourth-order valence-corrected chi connectivity index (χ4v) is 4.51. The highest BCUT2D eigenvalue weighted by molar-refractivity contribution is 5.47. The first-order chi connectivity index (χ1) is 6.43. The van der Waals surface area contributed by atoms with Gasteiger partial charge in [0.15, 0.2) is 0 Å². The van der Waals surface area contributed by atoms with Crippen LogP contribution in [0.25, 0.3) is 0 Å². The van der Waals surface area contributed by atoms with Gasteiger partial charge in [0, 0.05) is 0 Å². The van der Waals surface area contributed by atoms with E-state index in [-0.39, 0.29) is 0 Å². The largest absolute Gasteiger partial charge is 0.0769 e. The lowest BCUT2D eigenvalue weighted by atomic mass is 9.63. The van der Waals surface area contributed by atoms with Gasteiger partial charge in [-0.05, 0) is 60.5 Å². The lowest BCUT2D eigenvalue weighted by molar-refractivity contribution is 0.104. The van der Waals surface area contributed by atoms with Crippen molar-refractivity contribution in [2.24, 2.45) is 23.7 Å². The quantitative estimate of drug-likeness (QED) is 0.526. The average molecular weight is 172 g/mol. The minimum atomic E-state index is 1.01. The van der Waals surface area contributed by atoms with E-state index in [0.717, 1.165) is 23.7 Å². The standard InChI is InChI=1S/C13H16/c1-2-9-10(3-1)13-7-8-4-5-11(13)12(9)6-8/h2-3,8,11-13H,1,4-7H2/t8?,11?,12-,13+. The Morgan fingerprint density at radius 2 is 1.62 bits per heavy atom. The Kier molecular flexibility index (Phi) is 1.11. The van der Waals surface area contributed by atoms with Gasteiger partial charge in [-0.3, -0.25) is 0 Å². The number of fused-ring (bicyclic) bond motifs is 2. The molecule has 5 aliphatic carbocycles. The highest BCUT2D eigenvalue weighted by Gasteiger charge is 2.51. The third kappa shape index (κ3) is 0.697. The van der Waals surface area contributed by atoms with Gasteiger partial charge in [0.1, 0.15) is 0 Å². The minimum Gasteiger partial charge on any atom is -0.0769 e. The van der Waals surface area contributed by atoms with Crippen LogP contribution in [-0.2, 0) is 0 Å². The summed E-state index contributed by atoms with van der Waals surface area (Å²) in [6.07, 6.45) is 12.4. The topological polar surface area (TPSA) is 0 Å². The Bertz CT molecular complexity index is 293. The molecule has 0 aromatic carbocycles. The number of hydrogen-bond donors (Lipinski definition) is 0. The van der Waals surface area contributed by atoms with Crippen LogP contribution >= 0.6 is 0 Å². The second kappa shape index (κ2) is 2.10. The predicted octanol–water partition coefficient (Wildman–Crippen LogP) is 3.31. The molecule has 4 atom stereocenters. The molecule has 4 bridgehead atoms. The van der Waals surface area contributed by atoms with Gasteiger partial charge in [-0.15, -0.1) is 0 Å². The minimum absolute atomic E-state index is 1.01. The van der Waals surface area contributed by atoms with Crippen molar-refractivity contribution in [2.75, 3.05) is 0 Å². The summed E-state index contributed by atoms with van der Waals surface area (Å²) in [5.41, 5.74) is 3.58. The van der Waals surface area contributed by atoms with Crippen LogP contribution in [0.1, 0.15) is 32.1 Å². The van der Waals surface area contributed by atoms with E-state index in [1.54, 1.807) is 11.1 Å². The third-order valence-electron chi connectivity index (χ3n) is 4.92. The molecule has 0 heterocycles. The smallest absolute Gasteiger partial charge is 0.0125 e. The van der Waals surface area contributed by atoms with E-state index in [2.05, 4.69) is 12.2 Å². The van der Waals surface area contributed by atoms with E-state index >= 15 is 0 Å². The normalized spacial score (nSPS) is 50.5. The molecule has 0 saturated heterocycles. The van der Waals surface area contributed by atoms with E-state index in [9.17, 15) is 0 Å². The molecule has 0 N–H and O–H groups in total. The van der Waals surface area contributed by atoms with Crippen LogP contribution in [0.2, 0.25) is 0 Å². The SMILES string of the molecule is C1=C2C(=CC1)[C@@H]1CC3CCC1[C@@H]2C3. The van der Waals surface area contributed by atoms with Crippen molar-refractivity contribution in [1.82, 2.24) is 0 Å². The van der Waals surface area contributed by atoms with Crippen molar-refractivity contribution < 1.29 is 0 Å². The second-order valence-electron chi connectivity index (χ2n) is 5.35. The highest BCUT2D eigenvalue weighted by Crippen LogP contribution is 2.62. The van der Waals surface area contributed by atoms with Gasteiger partial charge in [-0.2, -0.15) is 0 Å². The maximum Gasteiger partial charge on any atom is -0.0125 e. The third-order valence-corrected chi connectivity index (χ3v) is 4.92. The van der Waals surface area contributed by atoms with Gasteiger partial charge < -0.3 is 0 Å². The first-order valence-corrected chi connectivity index (χ1v) is 5.84. The lowest BCUT2D eigenvalue weighted by Crippen LogP contribution is -2.32. The average Bonchev–Trinajstić information content (AvgIpc) is 2.72. The van der Waals surface area contributed by atoms with Crippen LogP contribution in [0.15, 0.2) is 23.3 Å². The summed E-state index contributed by atoms with van der Waals surface area (Å²) in [5, 5.41) is 0. The summed E-state index contributed by atoms with van der Waals surface area (Å²) in [7, 11) is 0. The van der Waals surface area contributed by atoms with Crippen molar-refractivity contribution in [3.63, 3.8) is 0 Å². The van der Waals surface area contributed by atoms with Gasteiger partial charge in [0.05, 0.1) is 0 Å². The molecule has 5 aliphatic rings. The fourth-order valence-electron chi connectivity index (χ4n) is 4.51. The molecule has 68 valence electrons. The molecule has 4 saturated carbocycles. The van der Waals surface area contributed by atoms with E-state index in [1.807, 2.05) is 0 Å².